The van der Waals surface area contributed by atoms with Crippen molar-refractivity contribution in [1.29, 1.82) is 0 Å². The molecule has 0 spiro atoms. The van der Waals surface area contributed by atoms with Crippen LogP contribution in [0.1, 0.15) is 30.0 Å². The van der Waals surface area contributed by atoms with Crippen LogP contribution in [0, 0.1) is 10.1 Å². The molecule has 0 saturated carbocycles. The number of nitro groups is 1. The monoisotopic (exact) mass is 444 g/mol. The second-order valence-electron chi connectivity index (χ2n) is 8.57. The van der Waals surface area contributed by atoms with Gasteiger partial charge in [0.05, 0.1) is 11.0 Å². The molecule has 5 rings (SSSR count). The Labute approximate surface area is 193 Å². The molecule has 1 aromatic heterocycles. The topological polar surface area (TPSA) is 78.6 Å². The van der Waals surface area contributed by atoms with Crippen molar-refractivity contribution in [3.05, 3.63) is 88.2 Å². The highest BCUT2D eigenvalue weighted by Gasteiger charge is 2.34. The maximum atomic E-state index is 12.0. The number of aromatic nitrogens is 2. The molecule has 0 N–H and O–H groups in total. The lowest BCUT2D eigenvalue weighted by atomic mass is 9.96. The smallest absolute Gasteiger partial charge is 0.351 e. The average molecular weight is 445 g/mol. The van der Waals surface area contributed by atoms with Gasteiger partial charge in [0.15, 0.2) is 0 Å². The molecule has 2 aromatic carbocycles. The third kappa shape index (κ3) is 4.39. The fraction of sp³-hybridized carbons (Fsp3) is 0.360. The van der Waals surface area contributed by atoms with Gasteiger partial charge in [-0.1, -0.05) is 60.7 Å². The van der Waals surface area contributed by atoms with Crippen LogP contribution in [-0.4, -0.2) is 59.1 Å². The van der Waals surface area contributed by atoms with Gasteiger partial charge in [-0.2, -0.15) is 0 Å². The Balaban J connectivity index is 1.40. The first-order chi connectivity index (χ1) is 16.2. The Kier molecular flexibility index (Phi) is 6.17. The van der Waals surface area contributed by atoms with E-state index in [1.165, 1.54) is 17.5 Å². The van der Waals surface area contributed by atoms with E-state index in [0.29, 0.717) is 24.7 Å². The lowest BCUT2D eigenvalue weighted by Gasteiger charge is -2.40. The third-order valence-corrected chi connectivity index (χ3v) is 6.58. The second-order valence-corrected chi connectivity index (χ2v) is 8.57. The Hall–Kier alpha value is -3.52. The summed E-state index contributed by atoms with van der Waals surface area (Å²) in [7, 11) is 0. The highest BCUT2D eigenvalue weighted by Crippen LogP contribution is 2.37. The van der Waals surface area contributed by atoms with E-state index >= 15 is 0 Å². The predicted molar refractivity (Wildman–Crippen MR) is 129 cm³/mol. The number of nitrogens with zero attached hydrogens (tertiary/aromatic N) is 6. The van der Waals surface area contributed by atoms with E-state index in [4.69, 9.17) is 0 Å². The normalized spacial score (nSPS) is 17.0. The van der Waals surface area contributed by atoms with E-state index in [-0.39, 0.29) is 16.7 Å². The van der Waals surface area contributed by atoms with Crippen LogP contribution in [0.5, 0.6) is 0 Å². The van der Waals surface area contributed by atoms with Crippen LogP contribution in [-0.2, 0) is 0 Å². The summed E-state index contributed by atoms with van der Waals surface area (Å²) in [5, 5.41) is 12.0. The summed E-state index contributed by atoms with van der Waals surface area (Å²) in [6, 6.07) is 21.2. The quantitative estimate of drug-likeness (QED) is 0.421. The molecule has 0 unspecified atom stereocenters. The molecule has 0 bridgehead atoms. The maximum absolute atomic E-state index is 12.0. The minimum absolute atomic E-state index is 0.0375. The molecule has 0 radical (unpaired) electrons. The van der Waals surface area contributed by atoms with E-state index in [2.05, 4.69) is 63.4 Å². The van der Waals surface area contributed by atoms with E-state index in [1.54, 1.807) is 0 Å². The highest BCUT2D eigenvalue weighted by molar-refractivity contribution is 5.71. The molecule has 0 amide bonds. The van der Waals surface area contributed by atoms with Crippen LogP contribution in [0.15, 0.2) is 67.0 Å². The second kappa shape index (κ2) is 9.54. The number of anilines is 2. The first kappa shape index (κ1) is 21.3. The van der Waals surface area contributed by atoms with Gasteiger partial charge in [-0.3, -0.25) is 15.0 Å². The maximum Gasteiger partial charge on any atom is 0.353 e. The van der Waals surface area contributed by atoms with Crippen molar-refractivity contribution in [1.82, 2.24) is 14.9 Å². The van der Waals surface area contributed by atoms with Gasteiger partial charge in [0.25, 0.3) is 0 Å². The van der Waals surface area contributed by atoms with Gasteiger partial charge in [-0.25, -0.2) is 9.97 Å². The van der Waals surface area contributed by atoms with Crippen LogP contribution < -0.4 is 9.80 Å². The Morgan fingerprint density at radius 1 is 0.727 bits per heavy atom. The first-order valence-electron chi connectivity index (χ1n) is 11.6. The Morgan fingerprint density at radius 3 is 1.70 bits per heavy atom. The van der Waals surface area contributed by atoms with Crippen LogP contribution in [0.3, 0.4) is 0 Å². The highest BCUT2D eigenvalue weighted by atomic mass is 16.6. The summed E-state index contributed by atoms with van der Waals surface area (Å²) < 4.78 is 0. The van der Waals surface area contributed by atoms with Crippen molar-refractivity contribution >= 4 is 17.3 Å². The molecule has 2 fully saturated rings. The van der Waals surface area contributed by atoms with E-state index in [9.17, 15) is 10.1 Å². The molecule has 8 heteroatoms. The summed E-state index contributed by atoms with van der Waals surface area (Å²) in [5.74, 6) is 0.892. The zero-order chi connectivity index (χ0) is 22.6. The fourth-order valence-corrected chi connectivity index (χ4v) is 4.99. The number of rotatable bonds is 6. The first-order valence-corrected chi connectivity index (χ1v) is 11.6. The SMILES string of the molecule is O=[N+]([O-])c1c(N2CCCC2)ncnc1N1CCN(C(c2ccccc2)c2ccccc2)CC1. The minimum atomic E-state index is -0.313. The van der Waals surface area contributed by atoms with Crippen molar-refractivity contribution < 1.29 is 4.92 Å². The number of piperazine rings is 1. The largest absolute Gasteiger partial charge is 0.353 e. The zero-order valence-corrected chi connectivity index (χ0v) is 18.6. The summed E-state index contributed by atoms with van der Waals surface area (Å²) in [4.78, 5) is 26.9. The molecule has 8 nitrogen and oxygen atoms in total. The van der Waals surface area contributed by atoms with Gasteiger partial charge in [-0.05, 0) is 24.0 Å². The molecule has 170 valence electrons. The van der Waals surface area contributed by atoms with Crippen LogP contribution in [0.25, 0.3) is 0 Å². The molecule has 0 atom stereocenters. The third-order valence-electron chi connectivity index (χ3n) is 6.58. The van der Waals surface area contributed by atoms with Crippen molar-refractivity contribution in [3.63, 3.8) is 0 Å². The number of benzene rings is 2. The molecule has 0 aliphatic carbocycles. The zero-order valence-electron chi connectivity index (χ0n) is 18.6. The molecule has 3 aromatic rings. The van der Waals surface area contributed by atoms with Crippen molar-refractivity contribution in [2.24, 2.45) is 0 Å². The Bertz CT molecular complexity index is 1040. The summed E-state index contributed by atoms with van der Waals surface area (Å²) in [6.45, 7) is 4.53. The van der Waals surface area contributed by atoms with E-state index < -0.39 is 0 Å². The van der Waals surface area contributed by atoms with Gasteiger partial charge in [-0.15, -0.1) is 0 Å². The predicted octanol–water partition coefficient (Wildman–Crippen LogP) is 3.90. The summed E-state index contributed by atoms with van der Waals surface area (Å²) in [5.41, 5.74) is 2.54. The molecular formula is C25H28N6O2. The summed E-state index contributed by atoms with van der Waals surface area (Å²) in [6.07, 6.45) is 3.55. The molecular weight excluding hydrogens is 416 g/mol. The summed E-state index contributed by atoms with van der Waals surface area (Å²) >= 11 is 0. The lowest BCUT2D eigenvalue weighted by molar-refractivity contribution is -0.383. The van der Waals surface area contributed by atoms with Gasteiger partial charge in [0, 0.05) is 39.3 Å². The minimum Gasteiger partial charge on any atom is -0.351 e. The van der Waals surface area contributed by atoms with Crippen molar-refractivity contribution in [2.75, 3.05) is 49.1 Å². The van der Waals surface area contributed by atoms with Crippen molar-refractivity contribution in [3.8, 4) is 0 Å². The molecule has 2 aliphatic rings. The number of hydrogen-bond acceptors (Lipinski definition) is 7. The van der Waals surface area contributed by atoms with Crippen LogP contribution in [0.2, 0.25) is 0 Å². The standard InChI is InChI=1S/C25H28N6O2/c32-31(33)23-24(29-13-7-8-14-29)26-19-27-25(23)30-17-15-28(16-18-30)22(20-9-3-1-4-10-20)21-11-5-2-6-12-21/h1-6,9-12,19,22H,7-8,13-18H2. The van der Waals surface area contributed by atoms with Crippen molar-refractivity contribution in [2.45, 2.75) is 18.9 Å². The van der Waals surface area contributed by atoms with E-state index in [1.807, 2.05) is 21.9 Å². The van der Waals surface area contributed by atoms with Gasteiger partial charge in [0.1, 0.15) is 6.33 Å². The fourth-order valence-electron chi connectivity index (χ4n) is 4.99. The van der Waals surface area contributed by atoms with Gasteiger partial charge in [0.2, 0.25) is 11.6 Å². The van der Waals surface area contributed by atoms with Crippen LogP contribution >= 0.6 is 0 Å². The molecule has 33 heavy (non-hydrogen) atoms. The molecule has 2 saturated heterocycles. The van der Waals surface area contributed by atoms with Gasteiger partial charge < -0.3 is 9.80 Å². The lowest BCUT2D eigenvalue weighted by Crippen LogP contribution is -2.48. The van der Waals surface area contributed by atoms with Crippen LogP contribution in [0.4, 0.5) is 17.3 Å². The molecule has 3 heterocycles. The number of hydrogen-bond donors (Lipinski definition) is 0. The average Bonchev–Trinajstić information content (AvgIpc) is 3.41. The van der Waals surface area contributed by atoms with Gasteiger partial charge >= 0.3 is 5.69 Å². The molecule has 2 aliphatic heterocycles. The van der Waals surface area contributed by atoms with E-state index in [0.717, 1.165) is 39.0 Å². The Morgan fingerprint density at radius 2 is 1.21 bits per heavy atom.